The lowest BCUT2D eigenvalue weighted by molar-refractivity contribution is -0.145. The number of rotatable bonds is 3. The van der Waals surface area contributed by atoms with E-state index in [1.165, 1.54) is 19.3 Å². The summed E-state index contributed by atoms with van der Waals surface area (Å²) in [5.74, 6) is 1.87. The van der Waals surface area contributed by atoms with Gasteiger partial charge in [0.05, 0.1) is 6.61 Å². The Morgan fingerprint density at radius 1 is 1.31 bits per heavy atom. The van der Waals surface area contributed by atoms with Gasteiger partial charge in [0.1, 0.15) is 6.10 Å². The largest absolute Gasteiger partial charge is 0.368 e. The second kappa shape index (κ2) is 2.71. The van der Waals surface area contributed by atoms with Gasteiger partial charge >= 0.3 is 0 Å². The highest BCUT2D eigenvalue weighted by molar-refractivity contribution is 5.82. The molecule has 3 aliphatic rings. The zero-order chi connectivity index (χ0) is 8.84. The summed E-state index contributed by atoms with van der Waals surface area (Å²) in [6.45, 7) is 0.759. The maximum absolute atomic E-state index is 11.4. The molecule has 1 saturated heterocycles. The van der Waals surface area contributed by atoms with Gasteiger partial charge in [0.2, 0.25) is 5.91 Å². The fourth-order valence-electron chi connectivity index (χ4n) is 2.14. The number of amides is 1. The van der Waals surface area contributed by atoms with E-state index in [2.05, 4.69) is 5.32 Å². The minimum Gasteiger partial charge on any atom is -0.368 e. The van der Waals surface area contributed by atoms with Crippen LogP contribution in [0.4, 0.5) is 0 Å². The van der Waals surface area contributed by atoms with Crippen LogP contribution in [0.2, 0.25) is 0 Å². The molecular formula is C10H15NO2. The standard InChI is InChI=1S/C10H15NO2/c12-10(9-3-4-13-9)11-8-5-7(8)6-1-2-6/h6-9H,1-5H2,(H,11,12)/t7-,8+,9?/m0/s1. The maximum atomic E-state index is 11.4. The molecule has 3 fully saturated rings. The highest BCUT2D eigenvalue weighted by atomic mass is 16.5. The van der Waals surface area contributed by atoms with Crippen LogP contribution in [0.1, 0.15) is 25.7 Å². The summed E-state index contributed by atoms with van der Waals surface area (Å²) in [6, 6.07) is 0.490. The SMILES string of the molecule is O=C(N[C@@H]1C[C@H]1C1CC1)C1CCO1. The van der Waals surface area contributed by atoms with Crippen LogP contribution in [0.5, 0.6) is 0 Å². The molecule has 3 nitrogen and oxygen atoms in total. The van der Waals surface area contributed by atoms with Gasteiger partial charge in [-0.15, -0.1) is 0 Å². The van der Waals surface area contributed by atoms with E-state index >= 15 is 0 Å². The highest BCUT2D eigenvalue weighted by Crippen LogP contribution is 2.50. The average molecular weight is 181 g/mol. The molecule has 1 N–H and O–H groups in total. The van der Waals surface area contributed by atoms with Crippen LogP contribution in [-0.4, -0.2) is 24.7 Å². The molecule has 1 amide bonds. The zero-order valence-corrected chi connectivity index (χ0v) is 7.66. The molecule has 1 heterocycles. The second-order valence-corrected chi connectivity index (χ2v) is 4.50. The van der Waals surface area contributed by atoms with Gasteiger partial charge in [-0.3, -0.25) is 4.79 Å². The molecule has 0 aromatic heterocycles. The maximum Gasteiger partial charge on any atom is 0.249 e. The molecule has 3 heteroatoms. The third-order valence-corrected chi connectivity index (χ3v) is 3.39. The van der Waals surface area contributed by atoms with Crippen molar-refractivity contribution < 1.29 is 9.53 Å². The van der Waals surface area contributed by atoms with Crippen molar-refractivity contribution in [3.05, 3.63) is 0 Å². The van der Waals surface area contributed by atoms with Crippen LogP contribution in [0.15, 0.2) is 0 Å². The van der Waals surface area contributed by atoms with Crippen LogP contribution in [-0.2, 0) is 9.53 Å². The lowest BCUT2D eigenvalue weighted by atomic mass is 10.2. The monoisotopic (exact) mass is 181 g/mol. The first-order valence-electron chi connectivity index (χ1n) is 5.26. The lowest BCUT2D eigenvalue weighted by Gasteiger charge is -2.25. The predicted octanol–water partition coefficient (Wildman–Crippen LogP) is 0.690. The second-order valence-electron chi connectivity index (χ2n) is 4.50. The van der Waals surface area contributed by atoms with E-state index < -0.39 is 0 Å². The topological polar surface area (TPSA) is 38.3 Å². The predicted molar refractivity (Wildman–Crippen MR) is 47.1 cm³/mol. The van der Waals surface area contributed by atoms with Crippen LogP contribution >= 0.6 is 0 Å². The summed E-state index contributed by atoms with van der Waals surface area (Å²) in [5, 5.41) is 3.06. The number of carbonyl (C=O) groups is 1. The Balaban J connectivity index is 1.45. The van der Waals surface area contributed by atoms with E-state index in [0.29, 0.717) is 6.04 Å². The Bertz CT molecular complexity index is 233. The molecule has 0 aromatic rings. The van der Waals surface area contributed by atoms with Crippen molar-refractivity contribution in [1.82, 2.24) is 5.32 Å². The Morgan fingerprint density at radius 3 is 2.62 bits per heavy atom. The van der Waals surface area contributed by atoms with Crippen molar-refractivity contribution in [2.45, 2.75) is 37.8 Å². The van der Waals surface area contributed by atoms with Crippen LogP contribution in [0, 0.1) is 11.8 Å². The van der Waals surface area contributed by atoms with E-state index in [4.69, 9.17) is 4.74 Å². The third kappa shape index (κ3) is 1.46. The van der Waals surface area contributed by atoms with Gasteiger partial charge in [-0.1, -0.05) is 0 Å². The number of hydrogen-bond donors (Lipinski definition) is 1. The Morgan fingerprint density at radius 2 is 2.08 bits per heavy atom. The summed E-state index contributed by atoms with van der Waals surface area (Å²) in [4.78, 5) is 11.4. The van der Waals surface area contributed by atoms with Gasteiger partial charge in [-0.2, -0.15) is 0 Å². The lowest BCUT2D eigenvalue weighted by Crippen LogP contribution is -2.44. The van der Waals surface area contributed by atoms with Gasteiger partial charge in [-0.05, 0) is 31.1 Å². The number of hydrogen-bond acceptors (Lipinski definition) is 2. The van der Waals surface area contributed by atoms with Crippen molar-refractivity contribution in [2.75, 3.05) is 6.61 Å². The molecule has 0 radical (unpaired) electrons. The van der Waals surface area contributed by atoms with Crippen molar-refractivity contribution in [3.63, 3.8) is 0 Å². The number of nitrogens with one attached hydrogen (secondary N) is 1. The Hall–Kier alpha value is -0.570. The van der Waals surface area contributed by atoms with E-state index in [0.717, 1.165) is 24.9 Å². The van der Waals surface area contributed by atoms with Gasteiger partial charge in [0.15, 0.2) is 0 Å². The molecule has 0 spiro atoms. The first-order valence-corrected chi connectivity index (χ1v) is 5.26. The number of carbonyl (C=O) groups excluding carboxylic acids is 1. The van der Waals surface area contributed by atoms with Crippen LogP contribution in [0.25, 0.3) is 0 Å². The Kier molecular flexibility index (Phi) is 1.62. The number of ether oxygens (including phenoxy) is 1. The van der Waals surface area contributed by atoms with Crippen molar-refractivity contribution in [3.8, 4) is 0 Å². The summed E-state index contributed by atoms with van der Waals surface area (Å²) in [5.41, 5.74) is 0. The fraction of sp³-hybridized carbons (Fsp3) is 0.900. The summed E-state index contributed by atoms with van der Waals surface area (Å²) in [6.07, 6.45) is 4.77. The summed E-state index contributed by atoms with van der Waals surface area (Å²) < 4.78 is 5.12. The van der Waals surface area contributed by atoms with Gasteiger partial charge in [-0.25, -0.2) is 0 Å². The van der Waals surface area contributed by atoms with Crippen LogP contribution in [0.3, 0.4) is 0 Å². The van der Waals surface area contributed by atoms with Crippen molar-refractivity contribution in [2.24, 2.45) is 11.8 Å². The quantitative estimate of drug-likeness (QED) is 0.695. The van der Waals surface area contributed by atoms with Crippen molar-refractivity contribution in [1.29, 1.82) is 0 Å². The minimum absolute atomic E-state index is 0.124. The van der Waals surface area contributed by atoms with E-state index in [1.807, 2.05) is 0 Å². The van der Waals surface area contributed by atoms with Gasteiger partial charge in [0.25, 0.3) is 0 Å². The van der Waals surface area contributed by atoms with Crippen LogP contribution < -0.4 is 5.32 Å². The molecule has 1 aliphatic heterocycles. The molecule has 2 aliphatic carbocycles. The first-order chi connectivity index (χ1) is 6.34. The van der Waals surface area contributed by atoms with Crippen molar-refractivity contribution >= 4 is 5.91 Å². The zero-order valence-electron chi connectivity index (χ0n) is 7.66. The molecule has 72 valence electrons. The molecular weight excluding hydrogens is 166 g/mol. The summed E-state index contributed by atoms with van der Waals surface area (Å²) >= 11 is 0. The molecule has 2 saturated carbocycles. The van der Waals surface area contributed by atoms with E-state index in [9.17, 15) is 4.79 Å². The summed E-state index contributed by atoms with van der Waals surface area (Å²) in [7, 11) is 0. The van der Waals surface area contributed by atoms with Gasteiger partial charge < -0.3 is 10.1 Å². The Labute approximate surface area is 77.8 Å². The fourth-order valence-corrected chi connectivity index (χ4v) is 2.14. The smallest absolute Gasteiger partial charge is 0.249 e. The molecule has 3 atom stereocenters. The average Bonchev–Trinajstić information content (AvgIpc) is 2.72. The first kappa shape index (κ1) is 7.80. The minimum atomic E-state index is -0.125. The molecule has 0 bridgehead atoms. The highest BCUT2D eigenvalue weighted by Gasteiger charge is 2.48. The van der Waals surface area contributed by atoms with E-state index in [-0.39, 0.29) is 12.0 Å². The molecule has 3 rings (SSSR count). The normalized spacial score (nSPS) is 42.3. The molecule has 1 unspecified atom stereocenters. The molecule has 13 heavy (non-hydrogen) atoms. The van der Waals surface area contributed by atoms with E-state index in [1.54, 1.807) is 0 Å². The van der Waals surface area contributed by atoms with Gasteiger partial charge in [0, 0.05) is 12.5 Å². The third-order valence-electron chi connectivity index (χ3n) is 3.39. The molecule has 0 aromatic carbocycles.